The van der Waals surface area contributed by atoms with Crippen LogP contribution in [0.25, 0.3) is 0 Å². The quantitative estimate of drug-likeness (QED) is 0.857. The van der Waals surface area contributed by atoms with E-state index in [-0.39, 0.29) is 11.9 Å². The van der Waals surface area contributed by atoms with Crippen LogP contribution in [0.3, 0.4) is 0 Å². The summed E-state index contributed by atoms with van der Waals surface area (Å²) in [7, 11) is 0. The fraction of sp³-hybridized carbons (Fsp3) is 0.462. The van der Waals surface area contributed by atoms with Crippen molar-refractivity contribution in [2.75, 3.05) is 13.1 Å². The lowest BCUT2D eigenvalue weighted by atomic mass is 10.1. The van der Waals surface area contributed by atoms with Crippen molar-refractivity contribution in [1.29, 1.82) is 0 Å². The first-order valence-corrected chi connectivity index (χ1v) is 6.39. The van der Waals surface area contributed by atoms with E-state index in [4.69, 9.17) is 11.6 Å². The average Bonchev–Trinajstić information content (AvgIpc) is 2.82. The summed E-state index contributed by atoms with van der Waals surface area (Å²) in [4.78, 5) is 11.7. The molecule has 0 radical (unpaired) electrons. The maximum atomic E-state index is 11.7. The number of hydrogen-bond donors (Lipinski definition) is 2. The minimum Gasteiger partial charge on any atom is -0.354 e. The summed E-state index contributed by atoms with van der Waals surface area (Å²) in [6, 6.07) is 7.74. The second-order valence-corrected chi connectivity index (χ2v) is 4.76. The van der Waals surface area contributed by atoms with Crippen LogP contribution in [-0.2, 0) is 11.2 Å². The molecule has 2 rings (SSSR count). The number of carbonyl (C=O) groups excluding carboxylic acids is 1. The van der Waals surface area contributed by atoms with Crippen LogP contribution in [0.2, 0.25) is 5.02 Å². The van der Waals surface area contributed by atoms with Crippen LogP contribution in [0.4, 0.5) is 0 Å². The Morgan fingerprint density at radius 2 is 2.41 bits per heavy atom. The largest absolute Gasteiger partial charge is 0.354 e. The Hall–Kier alpha value is -1.06. The maximum absolute atomic E-state index is 11.7. The van der Waals surface area contributed by atoms with E-state index in [2.05, 4.69) is 10.6 Å². The van der Waals surface area contributed by atoms with Gasteiger partial charge in [-0.1, -0.05) is 23.7 Å². The zero-order valence-electron chi connectivity index (χ0n) is 9.71. The standard InChI is InChI=1S/C13H17ClN2O/c14-11-4-1-3-10(9-11)6-8-16-13(17)12-5-2-7-15-12/h1,3-4,9,12,15H,2,5-8H2,(H,16,17)/t12-/m0/s1. The van der Waals surface area contributed by atoms with Gasteiger partial charge in [-0.15, -0.1) is 0 Å². The van der Waals surface area contributed by atoms with E-state index in [1.807, 2.05) is 24.3 Å². The molecular weight excluding hydrogens is 236 g/mol. The topological polar surface area (TPSA) is 41.1 Å². The van der Waals surface area contributed by atoms with Gasteiger partial charge in [-0.05, 0) is 43.5 Å². The lowest BCUT2D eigenvalue weighted by molar-refractivity contribution is -0.122. The lowest BCUT2D eigenvalue weighted by Crippen LogP contribution is -2.41. The van der Waals surface area contributed by atoms with E-state index in [9.17, 15) is 4.79 Å². The number of carbonyl (C=O) groups is 1. The van der Waals surface area contributed by atoms with E-state index < -0.39 is 0 Å². The van der Waals surface area contributed by atoms with Crippen molar-refractivity contribution in [3.05, 3.63) is 34.9 Å². The molecule has 1 fully saturated rings. The SMILES string of the molecule is O=C(NCCc1cccc(Cl)c1)[C@@H]1CCCN1. The van der Waals surface area contributed by atoms with Crippen molar-refractivity contribution in [3.8, 4) is 0 Å². The summed E-state index contributed by atoms with van der Waals surface area (Å²) < 4.78 is 0. The third-order valence-electron chi connectivity index (χ3n) is 2.98. The number of nitrogens with one attached hydrogen (secondary N) is 2. The second kappa shape index (κ2) is 6.03. The van der Waals surface area contributed by atoms with E-state index in [1.54, 1.807) is 0 Å². The highest BCUT2D eigenvalue weighted by atomic mass is 35.5. The number of rotatable bonds is 4. The lowest BCUT2D eigenvalue weighted by Gasteiger charge is -2.10. The molecule has 0 spiro atoms. The molecule has 1 heterocycles. The van der Waals surface area contributed by atoms with E-state index in [0.717, 1.165) is 36.4 Å². The Labute approximate surface area is 107 Å². The van der Waals surface area contributed by atoms with Crippen LogP contribution in [0, 0.1) is 0 Å². The zero-order valence-corrected chi connectivity index (χ0v) is 10.5. The van der Waals surface area contributed by atoms with Gasteiger partial charge in [0.2, 0.25) is 5.91 Å². The van der Waals surface area contributed by atoms with Gasteiger partial charge in [0.15, 0.2) is 0 Å². The molecule has 0 bridgehead atoms. The van der Waals surface area contributed by atoms with Gasteiger partial charge in [0.25, 0.3) is 0 Å². The molecule has 92 valence electrons. The van der Waals surface area contributed by atoms with Gasteiger partial charge in [-0.2, -0.15) is 0 Å². The average molecular weight is 253 g/mol. The van der Waals surface area contributed by atoms with Crippen LogP contribution in [0.15, 0.2) is 24.3 Å². The highest BCUT2D eigenvalue weighted by molar-refractivity contribution is 6.30. The molecule has 0 aromatic heterocycles. The van der Waals surface area contributed by atoms with Gasteiger partial charge >= 0.3 is 0 Å². The van der Waals surface area contributed by atoms with Gasteiger partial charge in [-0.3, -0.25) is 4.79 Å². The monoisotopic (exact) mass is 252 g/mol. The predicted molar refractivity (Wildman–Crippen MR) is 69.2 cm³/mol. The normalized spacial score (nSPS) is 19.2. The van der Waals surface area contributed by atoms with Gasteiger partial charge in [0.05, 0.1) is 6.04 Å². The van der Waals surface area contributed by atoms with Crippen LogP contribution in [-0.4, -0.2) is 25.0 Å². The molecule has 1 aromatic carbocycles. The van der Waals surface area contributed by atoms with Gasteiger partial charge in [0, 0.05) is 11.6 Å². The molecule has 1 amide bonds. The molecule has 0 unspecified atom stereocenters. The highest BCUT2D eigenvalue weighted by Crippen LogP contribution is 2.10. The zero-order chi connectivity index (χ0) is 12.1. The Kier molecular flexibility index (Phi) is 4.40. The molecule has 1 aliphatic rings. The van der Waals surface area contributed by atoms with E-state index >= 15 is 0 Å². The van der Waals surface area contributed by atoms with Crippen LogP contribution >= 0.6 is 11.6 Å². The summed E-state index contributed by atoms with van der Waals surface area (Å²) >= 11 is 5.89. The molecule has 3 nitrogen and oxygen atoms in total. The molecule has 4 heteroatoms. The van der Waals surface area contributed by atoms with Crippen molar-refractivity contribution in [1.82, 2.24) is 10.6 Å². The highest BCUT2D eigenvalue weighted by Gasteiger charge is 2.21. The van der Waals surface area contributed by atoms with Gasteiger partial charge < -0.3 is 10.6 Å². The van der Waals surface area contributed by atoms with E-state index in [1.165, 1.54) is 0 Å². The number of halogens is 1. The molecule has 0 saturated carbocycles. The first-order chi connectivity index (χ1) is 8.25. The molecule has 1 aliphatic heterocycles. The summed E-state index contributed by atoms with van der Waals surface area (Å²) in [6.07, 6.45) is 2.86. The molecule has 2 N–H and O–H groups in total. The predicted octanol–water partition coefficient (Wildman–Crippen LogP) is 1.75. The Balaban J connectivity index is 1.73. The third-order valence-corrected chi connectivity index (χ3v) is 3.21. The molecule has 1 saturated heterocycles. The van der Waals surface area contributed by atoms with Crippen molar-refractivity contribution >= 4 is 17.5 Å². The van der Waals surface area contributed by atoms with Crippen molar-refractivity contribution in [3.63, 3.8) is 0 Å². The fourth-order valence-electron chi connectivity index (χ4n) is 2.05. The fourth-order valence-corrected chi connectivity index (χ4v) is 2.27. The van der Waals surface area contributed by atoms with Gasteiger partial charge in [0.1, 0.15) is 0 Å². The summed E-state index contributed by atoms with van der Waals surface area (Å²) in [5, 5.41) is 6.87. The minimum atomic E-state index is 0.00867. The molecule has 1 atom stereocenters. The Morgan fingerprint density at radius 3 is 3.12 bits per heavy atom. The minimum absolute atomic E-state index is 0.00867. The van der Waals surface area contributed by atoms with Gasteiger partial charge in [-0.25, -0.2) is 0 Å². The maximum Gasteiger partial charge on any atom is 0.237 e. The molecule has 1 aromatic rings. The van der Waals surface area contributed by atoms with Crippen LogP contribution in [0.5, 0.6) is 0 Å². The summed E-state index contributed by atoms with van der Waals surface area (Å²) in [5.74, 6) is 0.115. The summed E-state index contributed by atoms with van der Waals surface area (Å²) in [6.45, 7) is 1.61. The smallest absolute Gasteiger partial charge is 0.237 e. The van der Waals surface area contributed by atoms with Crippen molar-refractivity contribution in [2.45, 2.75) is 25.3 Å². The number of benzene rings is 1. The van der Waals surface area contributed by atoms with Crippen molar-refractivity contribution in [2.24, 2.45) is 0 Å². The third kappa shape index (κ3) is 3.72. The molecule has 0 aliphatic carbocycles. The first-order valence-electron chi connectivity index (χ1n) is 6.01. The van der Waals surface area contributed by atoms with Crippen molar-refractivity contribution < 1.29 is 4.79 Å². The Bertz CT molecular complexity index is 389. The first kappa shape index (κ1) is 12.4. The summed E-state index contributed by atoms with van der Waals surface area (Å²) in [5.41, 5.74) is 1.15. The number of hydrogen-bond acceptors (Lipinski definition) is 2. The van der Waals surface area contributed by atoms with Crippen LogP contribution < -0.4 is 10.6 Å². The Morgan fingerprint density at radius 1 is 1.53 bits per heavy atom. The number of amides is 1. The molecule has 17 heavy (non-hydrogen) atoms. The second-order valence-electron chi connectivity index (χ2n) is 4.32. The van der Waals surface area contributed by atoms with E-state index in [0.29, 0.717) is 6.54 Å². The molecular formula is C13H17ClN2O. The van der Waals surface area contributed by atoms with Crippen LogP contribution in [0.1, 0.15) is 18.4 Å².